The molecule has 1 aliphatic rings. The van der Waals surface area contributed by atoms with Gasteiger partial charge in [-0.15, -0.1) is 0 Å². The van der Waals surface area contributed by atoms with Gasteiger partial charge in [-0.1, -0.05) is 49.2 Å². The maximum atomic E-state index is 12.8. The van der Waals surface area contributed by atoms with E-state index in [0.29, 0.717) is 33.1 Å². The van der Waals surface area contributed by atoms with Gasteiger partial charge in [-0.2, -0.15) is 0 Å². The van der Waals surface area contributed by atoms with Crippen LogP contribution in [0.2, 0.25) is 10.0 Å². The minimum Gasteiger partial charge on any atom is -0.457 e. The smallest absolute Gasteiger partial charge is 0.229 e. The molecule has 1 atom stereocenters. The Morgan fingerprint density at radius 1 is 1.06 bits per heavy atom. The summed E-state index contributed by atoms with van der Waals surface area (Å²) in [5, 5.41) is 3.80. The summed E-state index contributed by atoms with van der Waals surface area (Å²) in [5.74, 6) is 0.985. The Balaban J connectivity index is 1.41. The Kier molecular flexibility index (Phi) is 7.15. The maximum absolute atomic E-state index is 12.8. The summed E-state index contributed by atoms with van der Waals surface area (Å²) in [6.07, 6.45) is 0.112. The minimum absolute atomic E-state index is 0.112. The zero-order valence-corrected chi connectivity index (χ0v) is 20.8. The van der Waals surface area contributed by atoms with Crippen molar-refractivity contribution in [1.82, 2.24) is 0 Å². The summed E-state index contributed by atoms with van der Waals surface area (Å²) in [7, 11) is 0. The van der Waals surface area contributed by atoms with Crippen molar-refractivity contribution < 1.29 is 14.3 Å². The second-order valence-corrected chi connectivity index (χ2v) is 9.66. The summed E-state index contributed by atoms with van der Waals surface area (Å²) >= 11 is 12.3. The Labute approximate surface area is 209 Å². The molecular formula is C27H26Cl2N2O3. The van der Waals surface area contributed by atoms with Crippen LogP contribution in [0.3, 0.4) is 0 Å². The monoisotopic (exact) mass is 496 g/mol. The van der Waals surface area contributed by atoms with Crippen LogP contribution in [-0.4, -0.2) is 18.4 Å². The van der Waals surface area contributed by atoms with E-state index >= 15 is 0 Å². The number of amides is 2. The standard InChI is InChI=1S/C27H26Cl2N2O3/c1-16(2)22-10-4-17(3)12-25(22)34-21-8-6-20(7-9-21)30-27(33)18-13-26(32)31(15-18)24-14-19(28)5-11-23(24)29/h4-12,14,16,18H,13,15H2,1-3H3,(H,30,33)/t18-/m1/s1. The first-order valence-corrected chi connectivity index (χ1v) is 11.9. The third kappa shape index (κ3) is 5.37. The molecule has 2 amide bonds. The highest BCUT2D eigenvalue weighted by atomic mass is 35.5. The van der Waals surface area contributed by atoms with Crippen LogP contribution in [0, 0.1) is 12.8 Å². The molecule has 1 aliphatic heterocycles. The highest BCUT2D eigenvalue weighted by molar-refractivity contribution is 6.36. The number of carbonyl (C=O) groups is 2. The van der Waals surface area contributed by atoms with Crippen molar-refractivity contribution in [3.8, 4) is 11.5 Å². The number of ether oxygens (including phenoxy) is 1. The van der Waals surface area contributed by atoms with E-state index in [0.717, 1.165) is 16.9 Å². The lowest BCUT2D eigenvalue weighted by Gasteiger charge is -2.18. The van der Waals surface area contributed by atoms with Gasteiger partial charge in [0.15, 0.2) is 0 Å². The quantitative estimate of drug-likeness (QED) is 0.392. The van der Waals surface area contributed by atoms with E-state index in [-0.39, 0.29) is 24.8 Å². The van der Waals surface area contributed by atoms with E-state index in [4.69, 9.17) is 27.9 Å². The first-order valence-electron chi connectivity index (χ1n) is 11.2. The first-order chi connectivity index (χ1) is 16.2. The number of aryl methyl sites for hydroxylation is 1. The number of hydrogen-bond acceptors (Lipinski definition) is 3. The molecule has 7 heteroatoms. The third-order valence-corrected chi connectivity index (χ3v) is 6.39. The molecule has 0 unspecified atom stereocenters. The molecule has 0 aliphatic carbocycles. The predicted octanol–water partition coefficient (Wildman–Crippen LogP) is 7.21. The van der Waals surface area contributed by atoms with Gasteiger partial charge in [0.05, 0.1) is 16.6 Å². The van der Waals surface area contributed by atoms with Crippen molar-refractivity contribution in [2.75, 3.05) is 16.8 Å². The van der Waals surface area contributed by atoms with Gasteiger partial charge in [0.2, 0.25) is 11.8 Å². The van der Waals surface area contributed by atoms with E-state index in [1.165, 1.54) is 4.90 Å². The lowest BCUT2D eigenvalue weighted by atomic mass is 10.0. The molecule has 176 valence electrons. The fraction of sp³-hybridized carbons (Fsp3) is 0.259. The van der Waals surface area contributed by atoms with Crippen LogP contribution in [0.25, 0.3) is 0 Å². The molecule has 4 rings (SSSR count). The topological polar surface area (TPSA) is 58.6 Å². The van der Waals surface area contributed by atoms with Crippen molar-refractivity contribution >= 4 is 46.4 Å². The van der Waals surface area contributed by atoms with Crippen molar-refractivity contribution in [1.29, 1.82) is 0 Å². The minimum atomic E-state index is -0.487. The fourth-order valence-electron chi connectivity index (χ4n) is 3.99. The zero-order chi connectivity index (χ0) is 24.4. The van der Waals surface area contributed by atoms with Crippen molar-refractivity contribution in [3.05, 3.63) is 81.8 Å². The molecule has 0 radical (unpaired) electrons. The number of benzene rings is 3. The number of nitrogens with zero attached hydrogens (tertiary/aromatic N) is 1. The van der Waals surface area contributed by atoms with Crippen LogP contribution < -0.4 is 15.0 Å². The number of halogens is 2. The Hall–Kier alpha value is -3.02. The van der Waals surface area contributed by atoms with Gasteiger partial charge in [-0.3, -0.25) is 9.59 Å². The number of carbonyl (C=O) groups excluding carboxylic acids is 2. The molecule has 3 aromatic rings. The van der Waals surface area contributed by atoms with Gasteiger partial charge in [-0.05, 0) is 72.5 Å². The van der Waals surface area contributed by atoms with Crippen molar-refractivity contribution in [2.45, 2.75) is 33.1 Å². The molecule has 1 saturated heterocycles. The Morgan fingerprint density at radius 2 is 1.79 bits per heavy atom. The summed E-state index contributed by atoms with van der Waals surface area (Å²) in [6.45, 7) is 6.54. The highest BCUT2D eigenvalue weighted by Crippen LogP contribution is 2.34. The summed E-state index contributed by atoms with van der Waals surface area (Å²) in [6, 6.07) is 18.4. The number of hydrogen-bond donors (Lipinski definition) is 1. The molecule has 1 heterocycles. The Bertz CT molecular complexity index is 1230. The predicted molar refractivity (Wildman–Crippen MR) is 137 cm³/mol. The van der Waals surface area contributed by atoms with E-state index in [1.807, 2.05) is 25.1 Å². The summed E-state index contributed by atoms with van der Waals surface area (Å²) in [4.78, 5) is 26.9. The second kappa shape index (κ2) is 10.1. The van der Waals surface area contributed by atoms with Gasteiger partial charge in [-0.25, -0.2) is 0 Å². The summed E-state index contributed by atoms with van der Waals surface area (Å²) in [5.41, 5.74) is 3.42. The SMILES string of the molecule is Cc1ccc(C(C)C)c(Oc2ccc(NC(=O)[C@@H]3CC(=O)N(c4cc(Cl)ccc4Cl)C3)cc2)c1. The molecule has 1 fully saturated rings. The maximum Gasteiger partial charge on any atom is 0.229 e. The van der Waals surface area contributed by atoms with Gasteiger partial charge >= 0.3 is 0 Å². The number of rotatable bonds is 6. The van der Waals surface area contributed by atoms with Crippen LogP contribution in [0.4, 0.5) is 11.4 Å². The van der Waals surface area contributed by atoms with Gasteiger partial charge in [0, 0.05) is 23.7 Å². The van der Waals surface area contributed by atoms with E-state index in [9.17, 15) is 9.59 Å². The largest absolute Gasteiger partial charge is 0.457 e. The molecule has 0 aromatic heterocycles. The lowest BCUT2D eigenvalue weighted by Crippen LogP contribution is -2.28. The molecule has 3 aromatic carbocycles. The van der Waals surface area contributed by atoms with Gasteiger partial charge < -0.3 is 15.0 Å². The van der Waals surface area contributed by atoms with Crippen LogP contribution in [-0.2, 0) is 9.59 Å². The molecule has 0 spiro atoms. The Morgan fingerprint density at radius 3 is 2.50 bits per heavy atom. The van der Waals surface area contributed by atoms with E-state index in [2.05, 4.69) is 31.3 Å². The average molecular weight is 497 g/mol. The third-order valence-electron chi connectivity index (χ3n) is 5.84. The second-order valence-electron chi connectivity index (χ2n) is 8.81. The average Bonchev–Trinajstić information content (AvgIpc) is 3.18. The van der Waals surface area contributed by atoms with E-state index < -0.39 is 5.92 Å². The number of nitrogens with one attached hydrogen (secondary N) is 1. The number of anilines is 2. The lowest BCUT2D eigenvalue weighted by molar-refractivity contribution is -0.122. The van der Waals surface area contributed by atoms with Gasteiger partial charge in [0.1, 0.15) is 11.5 Å². The zero-order valence-electron chi connectivity index (χ0n) is 19.3. The molecule has 5 nitrogen and oxygen atoms in total. The highest BCUT2D eigenvalue weighted by Gasteiger charge is 2.36. The van der Waals surface area contributed by atoms with Crippen LogP contribution >= 0.6 is 23.2 Å². The fourth-order valence-corrected chi connectivity index (χ4v) is 4.38. The first kappa shape index (κ1) is 24.1. The van der Waals surface area contributed by atoms with Crippen LogP contribution in [0.5, 0.6) is 11.5 Å². The molecule has 0 saturated carbocycles. The van der Waals surface area contributed by atoms with Crippen molar-refractivity contribution in [3.63, 3.8) is 0 Å². The summed E-state index contributed by atoms with van der Waals surface area (Å²) < 4.78 is 6.12. The normalized spacial score (nSPS) is 15.6. The molecule has 34 heavy (non-hydrogen) atoms. The molecular weight excluding hydrogens is 471 g/mol. The van der Waals surface area contributed by atoms with Crippen LogP contribution in [0.1, 0.15) is 37.3 Å². The molecule has 0 bridgehead atoms. The van der Waals surface area contributed by atoms with Gasteiger partial charge in [0.25, 0.3) is 0 Å². The van der Waals surface area contributed by atoms with Crippen molar-refractivity contribution in [2.24, 2.45) is 5.92 Å². The van der Waals surface area contributed by atoms with E-state index in [1.54, 1.807) is 30.3 Å². The molecule has 1 N–H and O–H groups in total. The van der Waals surface area contributed by atoms with Crippen LogP contribution in [0.15, 0.2) is 60.7 Å².